The number of nitrogens with zero attached hydrogens (tertiary/aromatic N) is 3. The molecule has 14 nitrogen and oxygen atoms in total. The summed E-state index contributed by atoms with van der Waals surface area (Å²) in [5, 5.41) is 22.8. The Morgan fingerprint density at radius 3 is 2.16 bits per heavy atom. The maximum absolute atomic E-state index is 13.4. The first-order valence-electron chi connectivity index (χ1n) is 16.7. The van der Waals surface area contributed by atoms with Crippen LogP contribution in [-0.2, 0) is 41.7 Å². The molecule has 3 aromatic carbocycles. The van der Waals surface area contributed by atoms with Gasteiger partial charge in [0, 0.05) is 31.4 Å². The summed E-state index contributed by atoms with van der Waals surface area (Å²) in [4.78, 5) is 44.2. The van der Waals surface area contributed by atoms with Crippen molar-refractivity contribution in [3.63, 3.8) is 0 Å². The number of non-ortho nitro benzene ring substituents is 1. The molecule has 5 aliphatic rings. The number of hydrogen-bond acceptors (Lipinski definition) is 11. The summed E-state index contributed by atoms with van der Waals surface area (Å²) >= 11 is 0. The lowest BCUT2D eigenvalue weighted by atomic mass is 9.47. The molecule has 0 amide bonds. The number of carbonyl (C=O) groups excluding carboxylic acids is 1. The number of anilines is 1. The smallest absolute Gasteiger partial charge is 0.296 e. The molecule has 5 fully saturated rings. The van der Waals surface area contributed by atoms with Gasteiger partial charge in [-0.05, 0) is 105 Å². The molecule has 4 bridgehead atoms. The van der Waals surface area contributed by atoms with Crippen molar-refractivity contribution in [1.29, 1.82) is 0 Å². The molecule has 1 aliphatic heterocycles. The first-order chi connectivity index (χ1) is 24.3. The summed E-state index contributed by atoms with van der Waals surface area (Å²) in [5.74, 6) is 1.28. The Morgan fingerprint density at radius 1 is 0.941 bits per heavy atom. The summed E-state index contributed by atoms with van der Waals surface area (Å²) in [5.41, 5.74) is 0.189. The first-order valence-corrected chi connectivity index (χ1v) is 18.1. The van der Waals surface area contributed by atoms with Gasteiger partial charge in [0.1, 0.15) is 12.4 Å². The minimum absolute atomic E-state index is 0.0754. The predicted octanol–water partition coefficient (Wildman–Crippen LogP) is 6.47. The second-order valence-electron chi connectivity index (χ2n) is 13.9. The van der Waals surface area contributed by atoms with E-state index >= 15 is 0 Å². The van der Waals surface area contributed by atoms with Crippen molar-refractivity contribution < 1.29 is 42.3 Å². The number of carbonyl (C=O) groups is 1. The molecule has 15 heteroatoms. The summed E-state index contributed by atoms with van der Waals surface area (Å²) in [7, 11) is -1.59. The number of methoxy groups -OCH3 is 1. The van der Waals surface area contributed by atoms with Crippen LogP contribution in [0.1, 0.15) is 55.7 Å². The molecule has 0 N–H and O–H groups in total. The van der Waals surface area contributed by atoms with E-state index in [0.717, 1.165) is 47.7 Å². The Kier molecular flexibility index (Phi) is 8.73. The number of hydrogen-bond donors (Lipinski definition) is 0. The minimum atomic E-state index is -4.47. The number of ketones is 1. The van der Waals surface area contributed by atoms with Gasteiger partial charge >= 0.3 is 0 Å². The van der Waals surface area contributed by atoms with Crippen LogP contribution >= 0.6 is 0 Å². The van der Waals surface area contributed by atoms with Gasteiger partial charge in [-0.2, -0.15) is 4.89 Å². The van der Waals surface area contributed by atoms with Crippen molar-refractivity contribution in [3.8, 4) is 5.75 Å². The lowest BCUT2D eigenvalue weighted by Crippen LogP contribution is -2.76. The van der Waals surface area contributed by atoms with Gasteiger partial charge in [-0.25, -0.2) is 13.3 Å². The highest BCUT2D eigenvalue weighted by Gasteiger charge is 2.76. The molecule has 0 aromatic heterocycles. The quantitative estimate of drug-likeness (QED) is 0.0868. The van der Waals surface area contributed by atoms with Crippen molar-refractivity contribution >= 4 is 38.9 Å². The Hall–Kier alpha value is -4.70. The van der Waals surface area contributed by atoms with E-state index in [0.29, 0.717) is 46.6 Å². The largest absolute Gasteiger partial charge is 0.488 e. The number of ether oxygens (including phenoxy) is 2. The van der Waals surface area contributed by atoms with Gasteiger partial charge in [-0.3, -0.25) is 29.3 Å². The van der Waals surface area contributed by atoms with E-state index in [1.165, 1.54) is 38.6 Å². The molecule has 51 heavy (non-hydrogen) atoms. The van der Waals surface area contributed by atoms with Crippen LogP contribution in [0.15, 0.2) is 71.6 Å². The van der Waals surface area contributed by atoms with Crippen LogP contribution in [0.25, 0.3) is 6.08 Å². The zero-order chi connectivity index (χ0) is 36.3. The normalized spacial score (nSPS) is 27.7. The zero-order valence-electron chi connectivity index (χ0n) is 28.2. The SMILES string of the molecule is COC1(c2ccc(/C=C/C(C)=O)c(OCc3ccc(N(C)S(=O)(=O)c4ccc([N+](=O)[O-])cc4[N+](=O)[O-])cc3)c2)OOC12C1CC3CC(C1)CC2C3. The second-order valence-corrected chi connectivity index (χ2v) is 15.8. The van der Waals surface area contributed by atoms with Crippen LogP contribution in [0.5, 0.6) is 5.75 Å². The zero-order valence-corrected chi connectivity index (χ0v) is 29.0. The third kappa shape index (κ3) is 5.68. The van der Waals surface area contributed by atoms with E-state index in [1.807, 2.05) is 18.2 Å². The maximum atomic E-state index is 13.4. The summed E-state index contributed by atoms with van der Waals surface area (Å²) in [6.07, 6.45) is 8.76. The fraction of sp³-hybridized carbons (Fsp3) is 0.417. The molecule has 4 saturated carbocycles. The van der Waals surface area contributed by atoms with E-state index in [1.54, 1.807) is 25.3 Å². The highest BCUT2D eigenvalue weighted by molar-refractivity contribution is 7.93. The molecule has 4 aliphatic carbocycles. The monoisotopic (exact) mass is 719 g/mol. The molecular formula is C36H37N3O11S. The van der Waals surface area contributed by atoms with Crippen LogP contribution in [0.3, 0.4) is 0 Å². The lowest BCUT2D eigenvalue weighted by molar-refractivity contribution is -0.645. The average molecular weight is 720 g/mol. The average Bonchev–Trinajstić information content (AvgIpc) is 3.09. The second kappa shape index (κ2) is 12.8. The fourth-order valence-corrected chi connectivity index (χ4v) is 10.1. The van der Waals surface area contributed by atoms with Crippen LogP contribution in [0.4, 0.5) is 17.1 Å². The molecule has 1 unspecified atom stereocenters. The third-order valence-corrected chi connectivity index (χ3v) is 12.9. The Balaban J connectivity index is 1.14. The highest BCUT2D eigenvalue weighted by Crippen LogP contribution is 2.69. The summed E-state index contributed by atoms with van der Waals surface area (Å²) < 4.78 is 40.2. The number of benzene rings is 3. The van der Waals surface area contributed by atoms with E-state index in [4.69, 9.17) is 19.2 Å². The Bertz CT molecular complexity index is 2020. The van der Waals surface area contributed by atoms with Gasteiger partial charge in [0.2, 0.25) is 0 Å². The molecule has 1 atom stereocenters. The number of sulfonamides is 1. The van der Waals surface area contributed by atoms with Crippen molar-refractivity contribution in [2.45, 2.75) is 61.9 Å². The minimum Gasteiger partial charge on any atom is -0.488 e. The molecule has 1 saturated heterocycles. The number of nitro groups is 2. The predicted molar refractivity (Wildman–Crippen MR) is 183 cm³/mol. The topological polar surface area (TPSA) is 178 Å². The van der Waals surface area contributed by atoms with Crippen molar-refractivity contribution in [1.82, 2.24) is 0 Å². The lowest BCUT2D eigenvalue weighted by Gasteiger charge is -2.68. The Labute approximate surface area is 294 Å². The van der Waals surface area contributed by atoms with E-state index in [9.17, 15) is 33.4 Å². The number of nitro benzene ring substituents is 2. The van der Waals surface area contributed by atoms with Gasteiger partial charge in [0.05, 0.1) is 21.6 Å². The van der Waals surface area contributed by atoms with Crippen LogP contribution in [0.2, 0.25) is 0 Å². The van der Waals surface area contributed by atoms with Gasteiger partial charge in [-0.1, -0.05) is 24.3 Å². The van der Waals surface area contributed by atoms with Crippen molar-refractivity contribution in [2.24, 2.45) is 23.7 Å². The standard InChI is InChI=1S/C36H37N3O11S/c1-22(40)4-7-26-8-9-27(36(47-3)35(49-50-36)28-15-24-14-25(17-28)18-29(35)16-24)19-33(26)48-21-23-5-10-30(11-6-23)37(2)51(45,46)34-13-12-31(38(41)42)20-32(34)39(43)44/h4-13,19-20,24-25,28-29H,14-18,21H2,1-3H3/b7-4+. The molecule has 3 aromatic rings. The molecular weight excluding hydrogens is 682 g/mol. The van der Waals surface area contributed by atoms with Gasteiger partial charge in [0.25, 0.3) is 27.2 Å². The number of allylic oxidation sites excluding steroid dienone is 1. The van der Waals surface area contributed by atoms with Crippen molar-refractivity contribution in [3.05, 3.63) is 104 Å². The van der Waals surface area contributed by atoms with Crippen LogP contribution < -0.4 is 9.04 Å². The summed E-state index contributed by atoms with van der Waals surface area (Å²) in [6, 6.07) is 14.4. The first kappa shape index (κ1) is 34.7. The Morgan fingerprint density at radius 2 is 1.61 bits per heavy atom. The van der Waals surface area contributed by atoms with Crippen LogP contribution in [0, 0.1) is 43.9 Å². The molecule has 1 spiro atoms. The molecule has 0 radical (unpaired) electrons. The summed E-state index contributed by atoms with van der Waals surface area (Å²) in [6.45, 7) is 1.53. The third-order valence-electron chi connectivity index (χ3n) is 11.0. The van der Waals surface area contributed by atoms with E-state index in [2.05, 4.69) is 0 Å². The molecule has 268 valence electrons. The van der Waals surface area contributed by atoms with Gasteiger partial charge < -0.3 is 9.47 Å². The fourth-order valence-electron chi connectivity index (χ4n) is 8.80. The highest BCUT2D eigenvalue weighted by atomic mass is 32.2. The van der Waals surface area contributed by atoms with E-state index in [-0.39, 0.29) is 18.1 Å². The molecule has 8 rings (SSSR count). The maximum Gasteiger partial charge on any atom is 0.296 e. The molecule has 1 heterocycles. The van der Waals surface area contributed by atoms with Gasteiger partial charge in [0.15, 0.2) is 16.3 Å². The van der Waals surface area contributed by atoms with E-state index < -0.39 is 47.5 Å². The number of rotatable bonds is 12. The van der Waals surface area contributed by atoms with Crippen LogP contribution in [-0.4, -0.2) is 43.8 Å². The van der Waals surface area contributed by atoms with Crippen molar-refractivity contribution in [2.75, 3.05) is 18.5 Å². The van der Waals surface area contributed by atoms with Gasteiger partial charge in [-0.15, -0.1) is 0 Å².